The van der Waals surface area contributed by atoms with Crippen LogP contribution in [0.2, 0.25) is 0 Å². The number of anilines is 2. The van der Waals surface area contributed by atoms with Crippen molar-refractivity contribution in [2.75, 3.05) is 31.6 Å². The zero-order chi connectivity index (χ0) is 27.7. The van der Waals surface area contributed by atoms with Crippen LogP contribution >= 0.6 is 0 Å². The van der Waals surface area contributed by atoms with E-state index in [4.69, 9.17) is 15.2 Å². The highest BCUT2D eigenvalue weighted by Crippen LogP contribution is 2.36. The van der Waals surface area contributed by atoms with E-state index in [1.807, 2.05) is 0 Å². The lowest BCUT2D eigenvalue weighted by Gasteiger charge is -2.41. The third-order valence-electron chi connectivity index (χ3n) is 6.43. The molecule has 2 fully saturated rings. The van der Waals surface area contributed by atoms with Gasteiger partial charge in [-0.05, 0) is 37.1 Å². The Morgan fingerprint density at radius 3 is 2.37 bits per heavy atom. The van der Waals surface area contributed by atoms with Crippen LogP contribution in [0.5, 0.6) is 0 Å². The van der Waals surface area contributed by atoms with Crippen molar-refractivity contribution in [3.05, 3.63) is 36.0 Å². The van der Waals surface area contributed by atoms with Crippen LogP contribution in [0.15, 0.2) is 35.4 Å². The highest BCUT2D eigenvalue weighted by molar-refractivity contribution is 7.92. The van der Waals surface area contributed by atoms with E-state index in [0.717, 1.165) is 24.3 Å². The molecule has 2 aliphatic rings. The van der Waals surface area contributed by atoms with Crippen LogP contribution < -0.4 is 11.1 Å². The number of nitrogens with one attached hydrogen (secondary N) is 1. The average molecular weight is 557 g/mol. The van der Waals surface area contributed by atoms with E-state index < -0.39 is 37.8 Å². The number of halogens is 3. The van der Waals surface area contributed by atoms with Gasteiger partial charge in [-0.1, -0.05) is 0 Å². The van der Waals surface area contributed by atoms with Gasteiger partial charge in [0, 0.05) is 25.0 Å². The van der Waals surface area contributed by atoms with E-state index >= 15 is 0 Å². The molecule has 0 spiro atoms. The van der Waals surface area contributed by atoms with Gasteiger partial charge in [-0.2, -0.15) is 23.5 Å². The number of nitrogens with two attached hydrogens (primary N) is 1. The summed E-state index contributed by atoms with van der Waals surface area (Å²) in [6, 6.07) is 5.83. The molecular weight excluding hydrogens is 533 g/mol. The number of piperidine rings is 1. The molecule has 0 aliphatic carbocycles. The Bertz CT molecular complexity index is 1360. The molecule has 2 saturated heterocycles. The maximum absolute atomic E-state index is 12.8. The van der Waals surface area contributed by atoms with Gasteiger partial charge in [-0.3, -0.25) is 9.48 Å². The lowest BCUT2D eigenvalue weighted by Crippen LogP contribution is -2.50. The van der Waals surface area contributed by atoms with E-state index in [9.17, 15) is 36.4 Å². The Kier molecular flexibility index (Phi) is 7.26. The molecule has 1 aromatic heterocycles. The molecule has 3 N–H and O–H groups in total. The number of nitriles is 1. The number of sulfone groups is 1. The van der Waals surface area contributed by atoms with Crippen molar-refractivity contribution in [3.8, 4) is 6.07 Å². The minimum atomic E-state index is -5.52. The monoisotopic (exact) mass is 556 g/mol. The van der Waals surface area contributed by atoms with Crippen molar-refractivity contribution >= 4 is 33.3 Å². The number of nitrogens with zero attached hydrogens (tertiary/aromatic N) is 4. The molecule has 12 nitrogen and oxygen atoms in total. The van der Waals surface area contributed by atoms with Crippen molar-refractivity contribution in [2.24, 2.45) is 5.73 Å². The summed E-state index contributed by atoms with van der Waals surface area (Å²) in [4.78, 5) is 25.1. The minimum absolute atomic E-state index is 0.00960. The summed E-state index contributed by atoms with van der Waals surface area (Å²) in [5, 5.41) is 16.7. The van der Waals surface area contributed by atoms with Crippen molar-refractivity contribution in [1.29, 1.82) is 5.26 Å². The largest absolute Gasteiger partial charge is 0.501 e. The molecule has 0 bridgehead atoms. The fourth-order valence-corrected chi connectivity index (χ4v) is 4.88. The molecule has 2 aliphatic heterocycles. The Balaban J connectivity index is 1.54. The molecule has 0 radical (unpaired) electrons. The molecule has 0 unspecified atom stereocenters. The van der Waals surface area contributed by atoms with Crippen LogP contribution in [-0.4, -0.2) is 73.0 Å². The molecule has 2 amide bonds. The lowest BCUT2D eigenvalue weighted by atomic mass is 9.85. The highest BCUT2D eigenvalue weighted by Gasteiger charge is 2.47. The van der Waals surface area contributed by atoms with Crippen molar-refractivity contribution in [3.63, 3.8) is 0 Å². The average Bonchev–Trinajstić information content (AvgIpc) is 3.26. The second kappa shape index (κ2) is 10.1. The molecular formula is C22H23F3N6O6S. The number of carbonyl (C=O) groups is 2. The number of aromatic nitrogens is 2. The highest BCUT2D eigenvalue weighted by atomic mass is 32.2. The number of rotatable bonds is 7. The molecule has 204 valence electrons. The summed E-state index contributed by atoms with van der Waals surface area (Å²) in [5.74, 6) is -0.890. The van der Waals surface area contributed by atoms with E-state index in [2.05, 4.69) is 16.5 Å². The van der Waals surface area contributed by atoms with E-state index in [0.29, 0.717) is 26.1 Å². The first-order valence-corrected chi connectivity index (χ1v) is 12.8. The van der Waals surface area contributed by atoms with Gasteiger partial charge in [0.25, 0.3) is 15.7 Å². The molecule has 3 heterocycles. The van der Waals surface area contributed by atoms with E-state index in [1.54, 1.807) is 0 Å². The SMILES string of the molecule is N#CCC1(n2cc(C(N)=O)c(Nc3ccc(S(=O)(=O)C(F)(F)F)cc3)n2)CCN(C(=O)OC2COC2)CC1. The lowest BCUT2D eigenvalue weighted by molar-refractivity contribution is -0.106. The zero-order valence-electron chi connectivity index (χ0n) is 19.8. The number of ether oxygens (including phenoxy) is 2. The number of hydrogen-bond donors (Lipinski definition) is 2. The first kappa shape index (κ1) is 27.2. The molecule has 16 heteroatoms. The van der Waals surface area contributed by atoms with Gasteiger partial charge < -0.3 is 25.4 Å². The summed E-state index contributed by atoms with van der Waals surface area (Å²) >= 11 is 0. The number of amides is 2. The van der Waals surface area contributed by atoms with Crippen LogP contribution in [0, 0.1) is 11.3 Å². The van der Waals surface area contributed by atoms with Crippen LogP contribution in [-0.2, 0) is 24.8 Å². The molecule has 1 aromatic carbocycles. The van der Waals surface area contributed by atoms with Gasteiger partial charge in [-0.15, -0.1) is 0 Å². The minimum Gasteiger partial charge on any atom is -0.441 e. The van der Waals surface area contributed by atoms with Gasteiger partial charge in [-0.25, -0.2) is 13.2 Å². The maximum Gasteiger partial charge on any atom is 0.501 e. The van der Waals surface area contributed by atoms with Crippen LogP contribution in [0.4, 0.5) is 29.5 Å². The zero-order valence-corrected chi connectivity index (χ0v) is 20.6. The van der Waals surface area contributed by atoms with Gasteiger partial charge in [0.15, 0.2) is 11.9 Å². The molecule has 4 rings (SSSR count). The number of primary amides is 1. The second-order valence-corrected chi connectivity index (χ2v) is 10.8. The molecule has 0 atom stereocenters. The fraction of sp³-hybridized carbons (Fsp3) is 0.455. The quantitative estimate of drug-likeness (QED) is 0.519. The summed E-state index contributed by atoms with van der Waals surface area (Å²) in [6.45, 7) is 1.21. The number of likely N-dealkylation sites (tertiary alicyclic amines) is 1. The van der Waals surface area contributed by atoms with Crippen LogP contribution in [0.1, 0.15) is 29.6 Å². The summed E-state index contributed by atoms with van der Waals surface area (Å²) in [5.41, 5.74) is -0.734. The first-order chi connectivity index (χ1) is 17.9. The third-order valence-corrected chi connectivity index (χ3v) is 7.94. The maximum atomic E-state index is 12.8. The number of carbonyl (C=O) groups excluding carboxylic acids is 2. The van der Waals surface area contributed by atoms with E-state index in [1.165, 1.54) is 15.8 Å². The Morgan fingerprint density at radius 1 is 1.24 bits per heavy atom. The predicted molar refractivity (Wildman–Crippen MR) is 124 cm³/mol. The summed E-state index contributed by atoms with van der Waals surface area (Å²) < 4.78 is 73.4. The molecule has 0 saturated carbocycles. The van der Waals surface area contributed by atoms with Crippen LogP contribution in [0.25, 0.3) is 0 Å². The Hall–Kier alpha value is -3.84. The third kappa shape index (κ3) is 5.24. The van der Waals surface area contributed by atoms with Crippen molar-refractivity contribution in [1.82, 2.24) is 14.7 Å². The number of hydrogen-bond acceptors (Lipinski definition) is 9. The molecule has 2 aromatic rings. The summed E-state index contributed by atoms with van der Waals surface area (Å²) in [6.07, 6.45) is 1.24. The van der Waals surface area contributed by atoms with Gasteiger partial charge in [0.2, 0.25) is 0 Å². The number of alkyl halides is 3. The topological polar surface area (TPSA) is 170 Å². The first-order valence-electron chi connectivity index (χ1n) is 11.3. The fourth-order valence-electron chi connectivity index (χ4n) is 4.12. The van der Waals surface area contributed by atoms with Crippen LogP contribution in [0.3, 0.4) is 0 Å². The molecule has 38 heavy (non-hydrogen) atoms. The van der Waals surface area contributed by atoms with Crippen molar-refractivity contribution < 1.29 is 40.7 Å². The number of benzene rings is 1. The smallest absolute Gasteiger partial charge is 0.441 e. The Labute approximate surface area is 215 Å². The Morgan fingerprint density at radius 2 is 1.87 bits per heavy atom. The normalized spacial score (nSPS) is 17.8. The van der Waals surface area contributed by atoms with Gasteiger partial charge in [0.1, 0.15) is 5.56 Å². The summed E-state index contributed by atoms with van der Waals surface area (Å²) in [7, 11) is -5.52. The van der Waals surface area contributed by atoms with E-state index in [-0.39, 0.29) is 42.7 Å². The van der Waals surface area contributed by atoms with Crippen molar-refractivity contribution in [2.45, 2.75) is 41.3 Å². The standard InChI is InChI=1S/C22H23F3N6O6S/c23-22(24,25)38(34,35)16-3-1-14(2-4-16)28-19-17(18(27)32)11-31(29-19)21(5-8-26)6-9-30(10-7-21)20(33)37-15-12-36-13-15/h1-4,11,15H,5-7,9-10,12-13H2,(H2,27,32)(H,28,29). The predicted octanol–water partition coefficient (Wildman–Crippen LogP) is 2.26. The van der Waals surface area contributed by atoms with Gasteiger partial charge in [0.05, 0.1) is 36.1 Å². The second-order valence-electron chi connectivity index (χ2n) is 8.89. The van der Waals surface area contributed by atoms with Gasteiger partial charge >= 0.3 is 11.6 Å².